The molecule has 4 aromatic rings. The number of amides is 1. The third kappa shape index (κ3) is 6.33. The minimum Gasteiger partial charge on any atom is -0.341 e. The Morgan fingerprint density at radius 1 is 0.861 bits per heavy atom. The fourth-order valence-corrected chi connectivity index (χ4v) is 5.00. The summed E-state index contributed by atoms with van der Waals surface area (Å²) in [7, 11) is -3.54. The second kappa shape index (κ2) is 11.0. The Kier molecular flexibility index (Phi) is 7.77. The van der Waals surface area contributed by atoms with Crippen LogP contribution in [-0.2, 0) is 16.6 Å². The Hall–Kier alpha value is -3.61. The summed E-state index contributed by atoms with van der Waals surface area (Å²) in [4.78, 5) is 13.2. The first kappa shape index (κ1) is 25.5. The summed E-state index contributed by atoms with van der Waals surface area (Å²) in [6, 6.07) is 31.3. The van der Waals surface area contributed by atoms with Crippen LogP contribution >= 0.6 is 11.6 Å². The van der Waals surface area contributed by atoms with Crippen LogP contribution in [0.2, 0.25) is 5.02 Å². The van der Waals surface area contributed by atoms with Crippen LogP contribution in [0, 0.1) is 6.92 Å². The summed E-state index contributed by atoms with van der Waals surface area (Å²) in [5.74, 6) is -0.217. The average Bonchev–Trinajstić information content (AvgIpc) is 2.86. The van der Waals surface area contributed by atoms with Gasteiger partial charge in [-0.05, 0) is 53.9 Å². The van der Waals surface area contributed by atoms with Crippen LogP contribution < -0.4 is 9.62 Å². The van der Waals surface area contributed by atoms with Gasteiger partial charge < -0.3 is 5.32 Å². The third-order valence-corrected chi connectivity index (χ3v) is 7.23. The fraction of sp³-hybridized carbons (Fsp3) is 0.138. The highest BCUT2D eigenvalue weighted by Gasteiger charge is 2.20. The minimum absolute atomic E-state index is 0.122. The molecule has 0 aromatic heterocycles. The zero-order chi connectivity index (χ0) is 25.7. The molecule has 4 aromatic carbocycles. The van der Waals surface area contributed by atoms with Crippen LogP contribution in [0.3, 0.4) is 0 Å². The number of hydrogen-bond acceptors (Lipinski definition) is 3. The highest BCUT2D eigenvalue weighted by atomic mass is 35.5. The van der Waals surface area contributed by atoms with E-state index in [-0.39, 0.29) is 18.5 Å². The molecule has 5 nitrogen and oxygen atoms in total. The maximum Gasteiger partial charge on any atom is 0.252 e. The lowest BCUT2D eigenvalue weighted by Gasteiger charge is -2.23. The van der Waals surface area contributed by atoms with Gasteiger partial charge in [0, 0.05) is 10.6 Å². The molecule has 0 aliphatic carbocycles. The highest BCUT2D eigenvalue weighted by Crippen LogP contribution is 2.25. The Labute approximate surface area is 217 Å². The quantitative estimate of drug-likeness (QED) is 0.305. The zero-order valence-electron chi connectivity index (χ0n) is 20.1. The maximum atomic E-state index is 13.2. The van der Waals surface area contributed by atoms with Crippen molar-refractivity contribution in [3.05, 3.63) is 136 Å². The Morgan fingerprint density at radius 2 is 1.50 bits per heavy atom. The van der Waals surface area contributed by atoms with Gasteiger partial charge in [-0.3, -0.25) is 9.10 Å². The lowest BCUT2D eigenvalue weighted by Crippen LogP contribution is -2.30. The number of carbonyl (C=O) groups is 1. The number of anilines is 1. The zero-order valence-corrected chi connectivity index (χ0v) is 21.6. The van der Waals surface area contributed by atoms with Crippen molar-refractivity contribution < 1.29 is 13.2 Å². The number of sulfonamides is 1. The van der Waals surface area contributed by atoms with Crippen molar-refractivity contribution in [3.8, 4) is 0 Å². The molecule has 0 heterocycles. The average molecular weight is 519 g/mol. The van der Waals surface area contributed by atoms with Crippen LogP contribution in [0.4, 0.5) is 5.69 Å². The summed E-state index contributed by atoms with van der Waals surface area (Å²) in [6.07, 6.45) is 1.16. The van der Waals surface area contributed by atoms with Gasteiger partial charge in [-0.1, -0.05) is 90.0 Å². The minimum atomic E-state index is -3.54. The topological polar surface area (TPSA) is 66.5 Å². The smallest absolute Gasteiger partial charge is 0.252 e. The van der Waals surface area contributed by atoms with Gasteiger partial charge in [0.05, 0.1) is 24.5 Å². The number of benzene rings is 4. The SMILES string of the molecule is Cc1ccc([C@@H](NC(=O)c2ccc(CN(c3cccc(Cl)c3)S(C)(=O)=O)cc2)c2ccccc2)cc1. The first-order valence-electron chi connectivity index (χ1n) is 11.5. The van der Waals surface area contributed by atoms with Crippen LogP contribution in [-0.4, -0.2) is 20.6 Å². The molecule has 0 radical (unpaired) electrons. The van der Waals surface area contributed by atoms with Gasteiger partial charge in [-0.2, -0.15) is 0 Å². The molecule has 0 aliphatic heterocycles. The number of aryl methyl sites for hydroxylation is 1. The number of carbonyl (C=O) groups excluding carboxylic acids is 1. The first-order valence-corrected chi connectivity index (χ1v) is 13.7. The van der Waals surface area contributed by atoms with E-state index in [9.17, 15) is 13.2 Å². The molecule has 1 amide bonds. The predicted octanol–water partition coefficient (Wildman–Crippen LogP) is 6.13. The fourth-order valence-electron chi connectivity index (χ4n) is 3.94. The lowest BCUT2D eigenvalue weighted by atomic mass is 9.97. The van der Waals surface area contributed by atoms with Crippen LogP contribution in [0.5, 0.6) is 0 Å². The van der Waals surface area contributed by atoms with E-state index in [1.54, 1.807) is 48.5 Å². The van der Waals surface area contributed by atoms with Crippen molar-refractivity contribution in [1.82, 2.24) is 5.32 Å². The Bertz CT molecular complexity index is 1440. The van der Waals surface area contributed by atoms with Crippen molar-refractivity contribution >= 4 is 33.2 Å². The van der Waals surface area contributed by atoms with Gasteiger partial charge in [0.2, 0.25) is 10.0 Å². The van der Waals surface area contributed by atoms with E-state index in [4.69, 9.17) is 11.6 Å². The number of hydrogen-bond donors (Lipinski definition) is 1. The number of nitrogens with zero attached hydrogens (tertiary/aromatic N) is 1. The molecule has 0 saturated heterocycles. The molecule has 184 valence electrons. The third-order valence-electron chi connectivity index (χ3n) is 5.86. The van der Waals surface area contributed by atoms with Crippen molar-refractivity contribution in [2.75, 3.05) is 10.6 Å². The molecule has 0 spiro atoms. The van der Waals surface area contributed by atoms with Gasteiger partial charge in [0.25, 0.3) is 5.91 Å². The first-order chi connectivity index (χ1) is 17.2. The number of rotatable bonds is 8. The molecule has 0 aliphatic rings. The lowest BCUT2D eigenvalue weighted by molar-refractivity contribution is 0.0943. The van der Waals surface area contributed by atoms with Gasteiger partial charge in [0.1, 0.15) is 0 Å². The van der Waals surface area contributed by atoms with Crippen molar-refractivity contribution in [1.29, 1.82) is 0 Å². The van der Waals surface area contributed by atoms with Crippen molar-refractivity contribution in [2.24, 2.45) is 0 Å². The summed E-state index contributed by atoms with van der Waals surface area (Å²) in [6.45, 7) is 2.15. The molecule has 1 atom stereocenters. The molecule has 1 N–H and O–H groups in total. The second-order valence-electron chi connectivity index (χ2n) is 8.67. The number of nitrogens with one attached hydrogen (secondary N) is 1. The van der Waals surface area contributed by atoms with E-state index < -0.39 is 10.0 Å². The molecule has 0 saturated carbocycles. The summed E-state index contributed by atoms with van der Waals surface area (Å²) in [5.41, 5.74) is 4.83. The molecule has 36 heavy (non-hydrogen) atoms. The molecule has 0 bridgehead atoms. The molecule has 4 rings (SSSR count). The summed E-state index contributed by atoms with van der Waals surface area (Å²) >= 11 is 6.07. The van der Waals surface area contributed by atoms with Crippen LogP contribution in [0.25, 0.3) is 0 Å². The van der Waals surface area contributed by atoms with Crippen LogP contribution in [0.15, 0.2) is 103 Å². The summed E-state index contributed by atoms with van der Waals surface area (Å²) < 4.78 is 26.2. The summed E-state index contributed by atoms with van der Waals surface area (Å²) in [5, 5.41) is 3.60. The second-order valence-corrected chi connectivity index (χ2v) is 11.0. The highest BCUT2D eigenvalue weighted by molar-refractivity contribution is 7.92. The van der Waals surface area contributed by atoms with E-state index in [1.807, 2.05) is 61.5 Å². The molecule has 7 heteroatoms. The van der Waals surface area contributed by atoms with E-state index in [2.05, 4.69) is 5.32 Å². The van der Waals surface area contributed by atoms with E-state index in [0.717, 1.165) is 28.5 Å². The monoisotopic (exact) mass is 518 g/mol. The van der Waals surface area contributed by atoms with Gasteiger partial charge in [-0.15, -0.1) is 0 Å². The van der Waals surface area contributed by atoms with Crippen LogP contribution in [0.1, 0.15) is 38.7 Å². The van der Waals surface area contributed by atoms with Gasteiger partial charge in [0.15, 0.2) is 0 Å². The predicted molar refractivity (Wildman–Crippen MR) is 146 cm³/mol. The number of halogens is 1. The van der Waals surface area contributed by atoms with E-state index >= 15 is 0 Å². The molecular weight excluding hydrogens is 492 g/mol. The largest absolute Gasteiger partial charge is 0.341 e. The Morgan fingerprint density at radius 3 is 2.11 bits per heavy atom. The van der Waals surface area contributed by atoms with Crippen molar-refractivity contribution in [3.63, 3.8) is 0 Å². The van der Waals surface area contributed by atoms with Crippen molar-refractivity contribution in [2.45, 2.75) is 19.5 Å². The molecule has 0 unspecified atom stereocenters. The van der Waals surface area contributed by atoms with E-state index in [1.165, 1.54) is 4.31 Å². The standard InChI is InChI=1S/C29H27ClN2O3S/c1-21-11-15-24(16-12-21)28(23-7-4-3-5-8-23)31-29(33)25-17-13-22(14-18-25)20-32(36(2,34)35)27-10-6-9-26(30)19-27/h3-19,28H,20H2,1-2H3,(H,31,33)/t28-/m0/s1. The molecular formula is C29H27ClN2O3S. The normalized spacial score (nSPS) is 12.1. The Balaban J connectivity index is 1.54. The van der Waals surface area contributed by atoms with E-state index in [0.29, 0.717) is 16.3 Å². The molecule has 0 fully saturated rings. The van der Waals surface area contributed by atoms with Gasteiger partial charge in [-0.25, -0.2) is 8.42 Å². The van der Waals surface area contributed by atoms with Gasteiger partial charge >= 0.3 is 0 Å². The maximum absolute atomic E-state index is 13.2.